The molecule has 2 aromatic rings. The Morgan fingerprint density at radius 3 is 2.78 bits per heavy atom. The molecular formula is C13H11FN2O2. The summed E-state index contributed by atoms with van der Waals surface area (Å²) in [5.41, 5.74) is 1.17. The van der Waals surface area contributed by atoms with Crippen LogP contribution in [0.5, 0.6) is 5.75 Å². The lowest BCUT2D eigenvalue weighted by Gasteiger charge is -2.08. The summed E-state index contributed by atoms with van der Waals surface area (Å²) in [5, 5.41) is 12.1. The fourth-order valence-electron chi connectivity index (χ4n) is 1.46. The van der Waals surface area contributed by atoms with E-state index in [1.165, 1.54) is 12.1 Å². The summed E-state index contributed by atoms with van der Waals surface area (Å²) >= 11 is 0. The van der Waals surface area contributed by atoms with Gasteiger partial charge in [-0.3, -0.25) is 4.79 Å². The van der Waals surface area contributed by atoms with E-state index < -0.39 is 11.7 Å². The second kappa shape index (κ2) is 4.83. The van der Waals surface area contributed by atoms with E-state index in [1.807, 2.05) is 0 Å². The minimum Gasteiger partial charge on any atom is -0.508 e. The zero-order valence-electron chi connectivity index (χ0n) is 9.64. The van der Waals surface area contributed by atoms with Crippen molar-refractivity contribution in [2.75, 3.05) is 5.32 Å². The Hall–Kier alpha value is -2.43. The number of phenolic OH excluding ortho intramolecular Hbond substituents is 1. The maximum atomic E-state index is 12.7. The standard InChI is InChI=1S/C13H11FN2O2/c1-8-10(3-2-4-12(8)17)16-13(18)11-6-5-9(14)7-15-11/h2-7,17H,1H3,(H,16,18). The second-order valence-electron chi connectivity index (χ2n) is 3.77. The number of benzene rings is 1. The maximum absolute atomic E-state index is 12.7. The van der Waals surface area contributed by atoms with Crippen molar-refractivity contribution in [2.45, 2.75) is 6.92 Å². The number of carbonyl (C=O) groups is 1. The van der Waals surface area contributed by atoms with Crippen molar-refractivity contribution in [3.63, 3.8) is 0 Å². The Morgan fingerprint density at radius 2 is 2.11 bits per heavy atom. The molecule has 0 aliphatic heterocycles. The van der Waals surface area contributed by atoms with Crippen LogP contribution in [0.15, 0.2) is 36.5 Å². The average Bonchev–Trinajstić information content (AvgIpc) is 2.36. The van der Waals surface area contributed by atoms with Gasteiger partial charge in [-0.1, -0.05) is 6.07 Å². The van der Waals surface area contributed by atoms with Gasteiger partial charge in [0.25, 0.3) is 5.91 Å². The second-order valence-corrected chi connectivity index (χ2v) is 3.77. The highest BCUT2D eigenvalue weighted by atomic mass is 19.1. The van der Waals surface area contributed by atoms with E-state index in [2.05, 4.69) is 10.3 Å². The van der Waals surface area contributed by atoms with Crippen LogP contribution in [0, 0.1) is 12.7 Å². The fraction of sp³-hybridized carbons (Fsp3) is 0.0769. The Balaban J connectivity index is 2.21. The molecule has 2 N–H and O–H groups in total. The minimum atomic E-state index is -0.500. The normalized spacial score (nSPS) is 10.1. The molecule has 0 spiro atoms. The fourth-order valence-corrected chi connectivity index (χ4v) is 1.46. The van der Waals surface area contributed by atoms with Crippen molar-refractivity contribution in [3.05, 3.63) is 53.6 Å². The van der Waals surface area contributed by atoms with Crippen molar-refractivity contribution in [3.8, 4) is 5.75 Å². The van der Waals surface area contributed by atoms with Gasteiger partial charge >= 0.3 is 0 Å². The highest BCUT2D eigenvalue weighted by Gasteiger charge is 2.10. The Kier molecular flexibility index (Phi) is 3.23. The number of phenols is 1. The van der Waals surface area contributed by atoms with Gasteiger partial charge in [-0.05, 0) is 31.2 Å². The predicted octanol–water partition coefficient (Wildman–Crippen LogP) is 2.49. The third kappa shape index (κ3) is 2.45. The number of aromatic hydroxyl groups is 1. The summed E-state index contributed by atoms with van der Waals surface area (Å²) in [7, 11) is 0. The van der Waals surface area contributed by atoms with E-state index in [9.17, 15) is 14.3 Å². The van der Waals surface area contributed by atoms with E-state index in [1.54, 1.807) is 19.1 Å². The molecule has 0 radical (unpaired) electrons. The summed E-state index contributed by atoms with van der Waals surface area (Å²) < 4.78 is 12.7. The van der Waals surface area contributed by atoms with Gasteiger partial charge < -0.3 is 10.4 Å². The van der Waals surface area contributed by atoms with Crippen LogP contribution in [-0.2, 0) is 0 Å². The summed E-state index contributed by atoms with van der Waals surface area (Å²) in [6.07, 6.45) is 0.976. The van der Waals surface area contributed by atoms with E-state index >= 15 is 0 Å². The van der Waals surface area contributed by atoms with Crippen molar-refractivity contribution < 1.29 is 14.3 Å². The Bertz CT molecular complexity index is 582. The zero-order valence-corrected chi connectivity index (χ0v) is 9.64. The Morgan fingerprint density at radius 1 is 1.33 bits per heavy atom. The predicted molar refractivity (Wildman–Crippen MR) is 65.0 cm³/mol. The molecule has 0 atom stereocenters. The first-order chi connectivity index (χ1) is 8.58. The van der Waals surface area contributed by atoms with Gasteiger partial charge in [0.2, 0.25) is 0 Å². The van der Waals surface area contributed by atoms with Crippen molar-refractivity contribution in [1.82, 2.24) is 4.98 Å². The van der Waals surface area contributed by atoms with Gasteiger partial charge in [0.1, 0.15) is 17.3 Å². The number of nitrogens with one attached hydrogen (secondary N) is 1. The number of halogens is 1. The molecule has 1 amide bonds. The number of rotatable bonds is 2. The first-order valence-corrected chi connectivity index (χ1v) is 5.29. The van der Waals surface area contributed by atoms with Gasteiger partial charge in [-0.25, -0.2) is 9.37 Å². The molecule has 1 aromatic heterocycles. The lowest BCUT2D eigenvalue weighted by Crippen LogP contribution is -2.14. The SMILES string of the molecule is Cc1c(O)cccc1NC(=O)c1ccc(F)cn1. The first kappa shape index (κ1) is 12.0. The average molecular weight is 246 g/mol. The van der Waals surface area contributed by atoms with Gasteiger partial charge in [0.15, 0.2) is 0 Å². The lowest BCUT2D eigenvalue weighted by atomic mass is 10.1. The highest BCUT2D eigenvalue weighted by molar-refractivity contribution is 6.03. The van der Waals surface area contributed by atoms with Crippen molar-refractivity contribution >= 4 is 11.6 Å². The van der Waals surface area contributed by atoms with Crippen molar-refractivity contribution in [1.29, 1.82) is 0 Å². The summed E-state index contributed by atoms with van der Waals surface area (Å²) in [6.45, 7) is 1.68. The van der Waals surface area contributed by atoms with Gasteiger partial charge in [-0.15, -0.1) is 0 Å². The summed E-state index contributed by atoms with van der Waals surface area (Å²) in [4.78, 5) is 15.5. The largest absolute Gasteiger partial charge is 0.508 e. The summed E-state index contributed by atoms with van der Waals surface area (Å²) in [6, 6.07) is 7.27. The molecule has 92 valence electrons. The topological polar surface area (TPSA) is 62.2 Å². The number of nitrogens with zero attached hydrogens (tertiary/aromatic N) is 1. The van der Waals surface area contributed by atoms with Crippen LogP contribution in [0.25, 0.3) is 0 Å². The number of carbonyl (C=O) groups excluding carboxylic acids is 1. The molecule has 0 aliphatic rings. The van der Waals surface area contributed by atoms with Gasteiger partial charge in [0.05, 0.1) is 6.20 Å². The minimum absolute atomic E-state index is 0.0971. The van der Waals surface area contributed by atoms with E-state index in [4.69, 9.17) is 0 Å². The molecular weight excluding hydrogens is 235 g/mol. The highest BCUT2D eigenvalue weighted by Crippen LogP contribution is 2.24. The molecule has 0 aliphatic carbocycles. The molecule has 0 saturated carbocycles. The van der Waals surface area contributed by atoms with Crippen LogP contribution in [0.3, 0.4) is 0 Å². The van der Waals surface area contributed by atoms with E-state index in [-0.39, 0.29) is 11.4 Å². The molecule has 0 fully saturated rings. The van der Waals surface area contributed by atoms with Crippen LogP contribution in [-0.4, -0.2) is 16.0 Å². The summed E-state index contributed by atoms with van der Waals surface area (Å²) in [5.74, 6) is -0.858. The quantitative estimate of drug-likeness (QED) is 0.855. The molecule has 0 bridgehead atoms. The monoisotopic (exact) mass is 246 g/mol. The first-order valence-electron chi connectivity index (χ1n) is 5.29. The van der Waals surface area contributed by atoms with Crippen LogP contribution in [0.4, 0.5) is 10.1 Å². The zero-order chi connectivity index (χ0) is 13.1. The number of amides is 1. The van der Waals surface area contributed by atoms with Gasteiger partial charge in [-0.2, -0.15) is 0 Å². The number of hydrogen-bond donors (Lipinski definition) is 2. The maximum Gasteiger partial charge on any atom is 0.274 e. The third-order valence-electron chi connectivity index (χ3n) is 2.51. The van der Waals surface area contributed by atoms with E-state index in [0.29, 0.717) is 11.3 Å². The van der Waals surface area contributed by atoms with Crippen molar-refractivity contribution in [2.24, 2.45) is 0 Å². The molecule has 2 rings (SSSR count). The molecule has 4 nitrogen and oxygen atoms in total. The molecule has 1 aromatic carbocycles. The van der Waals surface area contributed by atoms with Crippen LogP contribution in [0.1, 0.15) is 16.1 Å². The number of hydrogen-bond acceptors (Lipinski definition) is 3. The third-order valence-corrected chi connectivity index (χ3v) is 2.51. The van der Waals surface area contributed by atoms with Crippen LogP contribution >= 0.6 is 0 Å². The molecule has 1 heterocycles. The van der Waals surface area contributed by atoms with E-state index in [0.717, 1.165) is 12.3 Å². The Labute approximate surface area is 103 Å². The number of pyridine rings is 1. The smallest absolute Gasteiger partial charge is 0.274 e. The lowest BCUT2D eigenvalue weighted by molar-refractivity contribution is 0.102. The number of anilines is 1. The van der Waals surface area contributed by atoms with Gasteiger partial charge in [0, 0.05) is 11.3 Å². The van der Waals surface area contributed by atoms with Crippen LogP contribution in [0.2, 0.25) is 0 Å². The molecule has 0 saturated heterocycles. The van der Waals surface area contributed by atoms with Crippen LogP contribution < -0.4 is 5.32 Å². The molecule has 18 heavy (non-hydrogen) atoms. The molecule has 5 heteroatoms. The molecule has 0 unspecified atom stereocenters. The number of aromatic nitrogens is 1.